The number of aliphatic hydroxyl groups is 4. The molecule has 5 N–H and O–H groups in total. The molecule has 0 unspecified atom stereocenters. The number of hydrogen-bond acceptors (Lipinski definition) is 12. The number of carbonyl (C=O) groups is 4. The van der Waals surface area contributed by atoms with Crippen molar-refractivity contribution in [3.05, 3.63) is 64.3 Å². The predicted molar refractivity (Wildman–Crippen MR) is 145 cm³/mol. The van der Waals surface area contributed by atoms with Gasteiger partial charge in [-0.2, -0.15) is 0 Å². The van der Waals surface area contributed by atoms with Crippen molar-refractivity contribution in [3.8, 4) is 5.75 Å². The van der Waals surface area contributed by atoms with E-state index in [0.29, 0.717) is 0 Å². The molecule has 0 amide bonds. The second-order valence-electron chi connectivity index (χ2n) is 12.3. The lowest BCUT2D eigenvalue weighted by atomic mass is 9.57. The third-order valence-electron chi connectivity index (χ3n) is 9.00. The summed E-state index contributed by atoms with van der Waals surface area (Å²) in [5.41, 5.74) is -8.25. The van der Waals surface area contributed by atoms with Crippen LogP contribution in [0.5, 0.6) is 5.75 Å². The van der Waals surface area contributed by atoms with Crippen molar-refractivity contribution in [2.75, 3.05) is 0 Å². The van der Waals surface area contributed by atoms with E-state index in [1.165, 1.54) is 31.2 Å². The molecule has 2 aliphatic heterocycles. The predicted octanol–water partition coefficient (Wildman–Crippen LogP) is 0.680. The number of rotatable bonds is 3. The van der Waals surface area contributed by atoms with Gasteiger partial charge in [0.05, 0.1) is 35.0 Å². The van der Waals surface area contributed by atoms with Gasteiger partial charge in [0.2, 0.25) is 0 Å². The molecular formula is C31H32O12. The Morgan fingerprint density at radius 1 is 1.00 bits per heavy atom. The SMILES string of the molecule is C[C@@H]1O[C@@H](O[C@H]2[C@H](O)C[C@@H](c3ccc4c(c3O)C(=O)C3=C(C4=O)[C@@]4(O)C(=O)C[C@](C)(O)C[C@@]4(O)C=C3)O[C@H]2C)C=CC1=O. The van der Waals surface area contributed by atoms with Gasteiger partial charge in [-0.1, -0.05) is 12.1 Å². The number of ether oxygens (including phenoxy) is 3. The minimum atomic E-state index is -2.78. The highest BCUT2D eigenvalue weighted by Gasteiger charge is 2.66. The van der Waals surface area contributed by atoms with Gasteiger partial charge >= 0.3 is 0 Å². The molecule has 0 aromatic heterocycles. The van der Waals surface area contributed by atoms with E-state index in [4.69, 9.17) is 14.2 Å². The number of fused-ring (bicyclic) bond motifs is 3. The van der Waals surface area contributed by atoms with E-state index >= 15 is 0 Å². The summed E-state index contributed by atoms with van der Waals surface area (Å²) in [4.78, 5) is 52.3. The highest BCUT2D eigenvalue weighted by molar-refractivity contribution is 6.32. The first kappa shape index (κ1) is 29.7. The van der Waals surface area contributed by atoms with Gasteiger partial charge in [0, 0.05) is 36.0 Å². The van der Waals surface area contributed by atoms with Gasteiger partial charge in [-0.3, -0.25) is 19.2 Å². The molecule has 43 heavy (non-hydrogen) atoms. The van der Waals surface area contributed by atoms with E-state index in [2.05, 4.69) is 0 Å². The monoisotopic (exact) mass is 596 g/mol. The van der Waals surface area contributed by atoms with E-state index in [1.54, 1.807) is 13.8 Å². The molecule has 0 radical (unpaired) electrons. The lowest BCUT2D eigenvalue weighted by molar-refractivity contribution is -0.243. The Balaban J connectivity index is 1.30. The molecule has 0 bridgehead atoms. The lowest BCUT2D eigenvalue weighted by Gasteiger charge is -2.51. The molecule has 6 rings (SSSR count). The zero-order chi connectivity index (χ0) is 31.2. The second-order valence-corrected chi connectivity index (χ2v) is 12.3. The molecule has 1 aromatic carbocycles. The normalized spacial score (nSPS) is 40.8. The summed E-state index contributed by atoms with van der Waals surface area (Å²) in [6.07, 6.45) is -1.28. The maximum atomic E-state index is 13.8. The Bertz CT molecular complexity index is 1540. The quantitative estimate of drug-likeness (QED) is 0.328. The van der Waals surface area contributed by atoms with Crippen molar-refractivity contribution in [2.45, 2.75) is 93.6 Å². The Hall–Kier alpha value is -3.36. The summed E-state index contributed by atoms with van der Waals surface area (Å²) >= 11 is 0. The van der Waals surface area contributed by atoms with E-state index in [0.717, 1.165) is 12.2 Å². The van der Waals surface area contributed by atoms with Crippen LogP contribution in [0.2, 0.25) is 0 Å². The summed E-state index contributed by atoms with van der Waals surface area (Å²) in [5.74, 6) is -3.56. The number of hydrogen-bond donors (Lipinski definition) is 5. The number of phenolic OH excluding ortho intramolecular Hbond substituents is 1. The fourth-order valence-corrected chi connectivity index (χ4v) is 6.87. The van der Waals surface area contributed by atoms with Crippen LogP contribution in [0.3, 0.4) is 0 Å². The summed E-state index contributed by atoms with van der Waals surface area (Å²) in [7, 11) is 0. The standard InChI is InChI=1S/C31H32O12/c1-13-18(32)6-7-22(42-13)43-28-14(2)41-20(10-19(28)33)15-4-5-16-23(25(15)35)26(36)17-8-9-30(39)12-29(3,38)11-21(34)31(30,40)24(17)27(16)37/h4-9,13-14,19-20,22,28,33,35,38-40H,10-12H2,1-3H3/t13-,14-,19+,20-,22-,28+,29-,30-,31-/m0/s1. The average molecular weight is 597 g/mol. The highest BCUT2D eigenvalue weighted by atomic mass is 16.7. The van der Waals surface area contributed by atoms with Crippen LogP contribution in [0.25, 0.3) is 0 Å². The van der Waals surface area contributed by atoms with Gasteiger partial charge in [0.15, 0.2) is 35.0 Å². The number of benzene rings is 1. The smallest absolute Gasteiger partial charge is 0.198 e. The summed E-state index contributed by atoms with van der Waals surface area (Å²) in [6, 6.07) is 2.62. The first-order chi connectivity index (χ1) is 20.1. The van der Waals surface area contributed by atoms with Gasteiger partial charge in [-0.25, -0.2) is 0 Å². The van der Waals surface area contributed by atoms with Crippen molar-refractivity contribution < 1.29 is 58.9 Å². The Morgan fingerprint density at radius 3 is 2.40 bits per heavy atom. The maximum absolute atomic E-state index is 13.8. The number of ketones is 4. The Kier molecular flexibility index (Phi) is 6.79. The van der Waals surface area contributed by atoms with Crippen molar-refractivity contribution in [1.82, 2.24) is 0 Å². The van der Waals surface area contributed by atoms with Gasteiger partial charge in [0.25, 0.3) is 0 Å². The van der Waals surface area contributed by atoms with Crippen LogP contribution >= 0.6 is 0 Å². The number of Topliss-reactive ketones (excluding diaryl/α,β-unsaturated/α-hetero) is 3. The minimum absolute atomic E-state index is 0.0521. The van der Waals surface area contributed by atoms with E-state index < -0.39 is 95.1 Å². The molecule has 2 fully saturated rings. The molecular weight excluding hydrogens is 564 g/mol. The van der Waals surface area contributed by atoms with Crippen LogP contribution < -0.4 is 0 Å². The Morgan fingerprint density at radius 2 is 1.72 bits per heavy atom. The van der Waals surface area contributed by atoms with Crippen molar-refractivity contribution >= 4 is 23.1 Å². The zero-order valence-electron chi connectivity index (χ0n) is 23.6. The van der Waals surface area contributed by atoms with E-state index in [-0.39, 0.29) is 34.5 Å². The van der Waals surface area contributed by atoms with Gasteiger partial charge < -0.3 is 39.7 Å². The van der Waals surface area contributed by atoms with Crippen LogP contribution in [0.4, 0.5) is 0 Å². The Labute approximate surface area is 245 Å². The molecule has 12 heteroatoms. The molecule has 1 saturated carbocycles. The number of allylic oxidation sites excluding steroid dienone is 2. The van der Waals surface area contributed by atoms with Gasteiger partial charge in [0.1, 0.15) is 23.6 Å². The summed E-state index contributed by atoms with van der Waals surface area (Å²) < 4.78 is 17.4. The molecule has 0 spiro atoms. The van der Waals surface area contributed by atoms with Crippen molar-refractivity contribution in [3.63, 3.8) is 0 Å². The fourth-order valence-electron chi connectivity index (χ4n) is 6.87. The number of carbonyl (C=O) groups excluding carboxylic acids is 4. The van der Waals surface area contributed by atoms with E-state index in [1.807, 2.05) is 0 Å². The topological polar surface area (TPSA) is 197 Å². The molecule has 1 aromatic rings. The molecule has 228 valence electrons. The van der Waals surface area contributed by atoms with Crippen molar-refractivity contribution in [1.29, 1.82) is 0 Å². The molecule has 2 heterocycles. The number of aromatic hydroxyl groups is 1. The maximum Gasteiger partial charge on any atom is 0.198 e. The highest BCUT2D eigenvalue weighted by Crippen LogP contribution is 2.52. The lowest BCUT2D eigenvalue weighted by Crippen LogP contribution is -2.69. The van der Waals surface area contributed by atoms with Crippen LogP contribution in [0.15, 0.2) is 47.6 Å². The molecule has 12 nitrogen and oxygen atoms in total. The number of phenols is 1. The van der Waals surface area contributed by atoms with Gasteiger partial charge in [-0.15, -0.1) is 0 Å². The first-order valence-corrected chi connectivity index (χ1v) is 14.0. The van der Waals surface area contributed by atoms with Crippen LogP contribution in [-0.4, -0.2) is 96.2 Å². The van der Waals surface area contributed by atoms with E-state index in [9.17, 15) is 44.7 Å². The third kappa shape index (κ3) is 4.40. The largest absolute Gasteiger partial charge is 0.507 e. The third-order valence-corrected chi connectivity index (χ3v) is 9.00. The fraction of sp³-hybridized carbons (Fsp3) is 0.484. The van der Waals surface area contributed by atoms with Gasteiger partial charge in [-0.05, 0) is 45.1 Å². The van der Waals surface area contributed by atoms with Crippen LogP contribution in [0.1, 0.15) is 72.4 Å². The number of aliphatic hydroxyl groups excluding tert-OH is 1. The molecule has 9 atom stereocenters. The zero-order valence-corrected chi connectivity index (χ0v) is 23.6. The average Bonchev–Trinajstić information content (AvgIpc) is 2.91. The second kappa shape index (κ2) is 9.83. The van der Waals surface area contributed by atoms with Crippen molar-refractivity contribution in [2.24, 2.45) is 0 Å². The van der Waals surface area contributed by atoms with Crippen LogP contribution in [0, 0.1) is 0 Å². The first-order valence-electron chi connectivity index (χ1n) is 14.0. The molecule has 3 aliphatic carbocycles. The molecule has 5 aliphatic rings. The summed E-state index contributed by atoms with van der Waals surface area (Å²) in [6.45, 7) is 4.56. The minimum Gasteiger partial charge on any atom is -0.507 e. The molecule has 1 saturated heterocycles. The van der Waals surface area contributed by atoms with Crippen LogP contribution in [-0.2, 0) is 23.8 Å². The summed E-state index contributed by atoms with van der Waals surface area (Å²) in [5, 5.41) is 55.6.